The number of carbonyl (C=O) groups is 2. The second-order valence-electron chi connectivity index (χ2n) is 5.28. The number of aliphatic carboxylic acids is 1. The molecular formula is C14H18F2N2O3. The zero-order chi connectivity index (χ0) is 15.4. The highest BCUT2D eigenvalue weighted by Crippen LogP contribution is 2.23. The monoisotopic (exact) mass is 300 g/mol. The van der Waals surface area contributed by atoms with Crippen LogP contribution in [0.15, 0.2) is 18.3 Å². The first kappa shape index (κ1) is 15.5. The molecule has 2 heterocycles. The molecule has 2 rings (SSSR count). The summed E-state index contributed by atoms with van der Waals surface area (Å²) in [6, 6.07) is 3.11. The summed E-state index contributed by atoms with van der Waals surface area (Å²) >= 11 is 0. The van der Waals surface area contributed by atoms with Gasteiger partial charge in [-0.2, -0.15) is 0 Å². The molecule has 21 heavy (non-hydrogen) atoms. The van der Waals surface area contributed by atoms with Crippen molar-refractivity contribution in [2.75, 3.05) is 13.1 Å². The molecule has 1 aliphatic rings. The first-order chi connectivity index (χ1) is 9.97. The van der Waals surface area contributed by atoms with Gasteiger partial charge in [0.2, 0.25) is 0 Å². The highest BCUT2D eigenvalue weighted by Gasteiger charge is 2.28. The van der Waals surface area contributed by atoms with E-state index in [4.69, 9.17) is 5.11 Å². The highest BCUT2D eigenvalue weighted by atomic mass is 19.3. The van der Waals surface area contributed by atoms with E-state index in [1.165, 1.54) is 16.8 Å². The summed E-state index contributed by atoms with van der Waals surface area (Å²) in [5, 5.41) is 8.66. The van der Waals surface area contributed by atoms with Gasteiger partial charge in [-0.15, -0.1) is 0 Å². The van der Waals surface area contributed by atoms with Crippen molar-refractivity contribution < 1.29 is 23.5 Å². The minimum atomic E-state index is -2.51. The number of carbonyl (C=O) groups excluding carboxylic acids is 1. The van der Waals surface area contributed by atoms with Crippen LogP contribution in [-0.4, -0.2) is 46.0 Å². The average molecular weight is 300 g/mol. The molecule has 0 aliphatic carbocycles. The number of rotatable bonds is 6. The quantitative estimate of drug-likeness (QED) is 0.875. The van der Waals surface area contributed by atoms with Gasteiger partial charge in [0.25, 0.3) is 12.3 Å². The Morgan fingerprint density at radius 1 is 1.43 bits per heavy atom. The number of carboxylic acid groups (broad SMARTS) is 1. The minimum absolute atomic E-state index is 0.0917. The summed E-state index contributed by atoms with van der Waals surface area (Å²) in [5.41, 5.74) is 0.259. The third-order valence-electron chi connectivity index (χ3n) is 3.72. The summed E-state index contributed by atoms with van der Waals surface area (Å²) < 4.78 is 26.2. The first-order valence-corrected chi connectivity index (χ1v) is 6.91. The van der Waals surface area contributed by atoms with Crippen LogP contribution >= 0.6 is 0 Å². The lowest BCUT2D eigenvalue weighted by molar-refractivity contribution is -0.137. The van der Waals surface area contributed by atoms with Crippen LogP contribution in [0.5, 0.6) is 0 Å². The molecule has 1 amide bonds. The maximum atomic E-state index is 12.5. The number of hydrogen-bond donors (Lipinski definition) is 1. The SMILES string of the molecule is O=C(O)CCC1CCN(C(=O)c2cccn2CC(F)F)C1. The van der Waals surface area contributed by atoms with Crippen LogP contribution in [0.4, 0.5) is 8.78 Å². The Labute approximate surface area is 121 Å². The largest absolute Gasteiger partial charge is 0.481 e. The van der Waals surface area contributed by atoms with E-state index in [2.05, 4.69) is 0 Å². The van der Waals surface area contributed by atoms with Crippen LogP contribution in [0.2, 0.25) is 0 Å². The van der Waals surface area contributed by atoms with Crippen molar-refractivity contribution in [2.24, 2.45) is 5.92 Å². The van der Waals surface area contributed by atoms with E-state index in [1.807, 2.05) is 0 Å². The van der Waals surface area contributed by atoms with Crippen molar-refractivity contribution in [3.05, 3.63) is 24.0 Å². The van der Waals surface area contributed by atoms with Gasteiger partial charge >= 0.3 is 5.97 Å². The molecule has 0 radical (unpaired) electrons. The number of likely N-dealkylation sites (tertiary alicyclic amines) is 1. The number of hydrogen-bond acceptors (Lipinski definition) is 2. The van der Waals surface area contributed by atoms with Gasteiger partial charge in [0.15, 0.2) is 0 Å². The second-order valence-corrected chi connectivity index (χ2v) is 5.28. The summed E-state index contributed by atoms with van der Waals surface area (Å²) in [4.78, 5) is 24.5. The molecule has 7 heteroatoms. The number of halogens is 2. The average Bonchev–Trinajstić information content (AvgIpc) is 3.03. The number of amides is 1. The van der Waals surface area contributed by atoms with Gasteiger partial charge in [-0.25, -0.2) is 8.78 Å². The molecule has 0 spiro atoms. The molecule has 1 aromatic heterocycles. The zero-order valence-corrected chi connectivity index (χ0v) is 11.5. The molecule has 1 saturated heterocycles. The number of carboxylic acids is 1. The van der Waals surface area contributed by atoms with Crippen LogP contribution in [0, 0.1) is 5.92 Å². The predicted molar refractivity (Wildman–Crippen MR) is 71.3 cm³/mol. The predicted octanol–water partition coefficient (Wildman–Crippen LogP) is 2.08. The standard InChI is InChI=1S/C14H18F2N2O3/c15-12(16)9-17-6-1-2-11(17)14(21)18-7-5-10(8-18)3-4-13(19)20/h1-2,6,10,12H,3-5,7-9H2,(H,19,20). The lowest BCUT2D eigenvalue weighted by atomic mass is 10.0. The maximum Gasteiger partial charge on any atom is 0.303 e. The summed E-state index contributed by atoms with van der Waals surface area (Å²) in [7, 11) is 0. The van der Waals surface area contributed by atoms with E-state index >= 15 is 0 Å². The van der Waals surface area contributed by atoms with Crippen LogP contribution in [0.1, 0.15) is 29.8 Å². The molecule has 1 aliphatic heterocycles. The van der Waals surface area contributed by atoms with E-state index in [0.29, 0.717) is 19.5 Å². The van der Waals surface area contributed by atoms with Crippen molar-refractivity contribution in [3.63, 3.8) is 0 Å². The lowest BCUT2D eigenvalue weighted by Gasteiger charge is -2.18. The van der Waals surface area contributed by atoms with Crippen LogP contribution in [0.25, 0.3) is 0 Å². The molecule has 0 bridgehead atoms. The Bertz CT molecular complexity index is 516. The Morgan fingerprint density at radius 2 is 2.19 bits per heavy atom. The molecule has 1 fully saturated rings. The normalized spacial score (nSPS) is 18.4. The Balaban J connectivity index is 1.95. The smallest absolute Gasteiger partial charge is 0.303 e. The summed E-state index contributed by atoms with van der Waals surface area (Å²) in [6.07, 6.45) is 0.350. The molecule has 1 atom stereocenters. The van der Waals surface area contributed by atoms with E-state index < -0.39 is 18.9 Å². The van der Waals surface area contributed by atoms with Gasteiger partial charge < -0.3 is 14.6 Å². The van der Waals surface area contributed by atoms with Crippen molar-refractivity contribution >= 4 is 11.9 Å². The number of aromatic nitrogens is 1. The van der Waals surface area contributed by atoms with Crippen LogP contribution in [-0.2, 0) is 11.3 Å². The van der Waals surface area contributed by atoms with Gasteiger partial charge in [0.1, 0.15) is 5.69 Å². The molecule has 1 aromatic rings. The minimum Gasteiger partial charge on any atom is -0.481 e. The molecule has 116 valence electrons. The van der Waals surface area contributed by atoms with Gasteiger partial charge in [-0.3, -0.25) is 9.59 Å². The van der Waals surface area contributed by atoms with Gasteiger partial charge in [-0.1, -0.05) is 0 Å². The van der Waals surface area contributed by atoms with Gasteiger partial charge in [0.05, 0.1) is 6.54 Å². The van der Waals surface area contributed by atoms with Crippen molar-refractivity contribution in [1.82, 2.24) is 9.47 Å². The molecule has 5 nitrogen and oxygen atoms in total. The lowest BCUT2D eigenvalue weighted by Crippen LogP contribution is -2.31. The molecule has 0 saturated carbocycles. The van der Waals surface area contributed by atoms with Crippen molar-refractivity contribution in [3.8, 4) is 0 Å². The highest BCUT2D eigenvalue weighted by molar-refractivity contribution is 5.93. The van der Waals surface area contributed by atoms with Crippen LogP contribution < -0.4 is 0 Å². The second kappa shape index (κ2) is 6.69. The fourth-order valence-electron chi connectivity index (χ4n) is 2.66. The Morgan fingerprint density at radius 3 is 2.86 bits per heavy atom. The molecule has 1 N–H and O–H groups in total. The van der Waals surface area contributed by atoms with Gasteiger partial charge in [0, 0.05) is 25.7 Å². The topological polar surface area (TPSA) is 62.5 Å². The van der Waals surface area contributed by atoms with E-state index in [0.717, 1.165) is 6.42 Å². The van der Waals surface area contributed by atoms with Crippen molar-refractivity contribution in [2.45, 2.75) is 32.2 Å². The fourth-order valence-corrected chi connectivity index (χ4v) is 2.66. The molecule has 1 unspecified atom stereocenters. The Kier molecular flexibility index (Phi) is 4.93. The summed E-state index contributed by atoms with van der Waals surface area (Å²) in [6.45, 7) is 0.541. The Hall–Kier alpha value is -1.92. The number of alkyl halides is 2. The fraction of sp³-hybridized carbons (Fsp3) is 0.571. The third-order valence-corrected chi connectivity index (χ3v) is 3.72. The van der Waals surface area contributed by atoms with Crippen LogP contribution in [0.3, 0.4) is 0 Å². The number of nitrogens with zero attached hydrogens (tertiary/aromatic N) is 2. The zero-order valence-electron chi connectivity index (χ0n) is 11.5. The summed E-state index contributed by atoms with van der Waals surface area (Å²) in [5.74, 6) is -0.937. The van der Waals surface area contributed by atoms with Crippen molar-refractivity contribution in [1.29, 1.82) is 0 Å². The van der Waals surface area contributed by atoms with Gasteiger partial charge in [-0.05, 0) is 30.9 Å². The maximum absolute atomic E-state index is 12.5. The third kappa shape index (κ3) is 4.03. The van der Waals surface area contributed by atoms with E-state index in [-0.39, 0.29) is 23.9 Å². The van der Waals surface area contributed by atoms with E-state index in [1.54, 1.807) is 11.0 Å². The molecule has 0 aromatic carbocycles. The first-order valence-electron chi connectivity index (χ1n) is 6.91. The van der Waals surface area contributed by atoms with E-state index in [9.17, 15) is 18.4 Å². The molecular weight excluding hydrogens is 282 g/mol.